The summed E-state index contributed by atoms with van der Waals surface area (Å²) in [5.41, 5.74) is 0.992. The molecule has 4 heteroatoms. The van der Waals surface area contributed by atoms with Gasteiger partial charge in [0, 0.05) is 11.3 Å². The molecule has 2 unspecified atom stereocenters. The number of aliphatic hydroxyl groups is 1. The summed E-state index contributed by atoms with van der Waals surface area (Å²) in [7, 11) is 1.62. The van der Waals surface area contributed by atoms with Crippen LogP contribution in [-0.2, 0) is 0 Å². The fraction of sp³-hybridized carbons (Fsp3) is 0.667. The maximum atomic E-state index is 9.65. The molecule has 1 heterocycles. The SMILES string of the molecule is COc1nc(C2CCCC2O)cs1. The predicted octanol–water partition coefficient (Wildman–Crippen LogP) is 1.78. The Morgan fingerprint density at radius 2 is 2.46 bits per heavy atom. The summed E-state index contributed by atoms with van der Waals surface area (Å²) in [5.74, 6) is 0.236. The minimum absolute atomic E-state index is 0.202. The number of ether oxygens (including phenoxy) is 1. The van der Waals surface area contributed by atoms with Gasteiger partial charge in [0.1, 0.15) is 0 Å². The van der Waals surface area contributed by atoms with Gasteiger partial charge < -0.3 is 9.84 Å². The zero-order valence-corrected chi connectivity index (χ0v) is 8.38. The van der Waals surface area contributed by atoms with Gasteiger partial charge in [0.2, 0.25) is 0 Å². The van der Waals surface area contributed by atoms with Crippen LogP contribution in [0.4, 0.5) is 0 Å². The third-order valence-electron chi connectivity index (χ3n) is 2.53. The van der Waals surface area contributed by atoms with Gasteiger partial charge in [-0.05, 0) is 12.8 Å². The van der Waals surface area contributed by atoms with Crippen LogP contribution in [-0.4, -0.2) is 23.3 Å². The molecule has 3 nitrogen and oxygen atoms in total. The van der Waals surface area contributed by atoms with Crippen LogP contribution in [0.3, 0.4) is 0 Å². The highest BCUT2D eigenvalue weighted by atomic mass is 32.1. The summed E-state index contributed by atoms with van der Waals surface area (Å²) in [6, 6.07) is 0. The largest absolute Gasteiger partial charge is 0.473 e. The van der Waals surface area contributed by atoms with Crippen molar-refractivity contribution in [1.82, 2.24) is 4.98 Å². The molecule has 0 aliphatic heterocycles. The molecule has 0 bridgehead atoms. The van der Waals surface area contributed by atoms with Gasteiger partial charge in [0.15, 0.2) is 0 Å². The second kappa shape index (κ2) is 3.64. The predicted molar refractivity (Wildman–Crippen MR) is 51.3 cm³/mol. The molecule has 72 valence electrons. The Hall–Kier alpha value is -0.610. The van der Waals surface area contributed by atoms with E-state index in [1.54, 1.807) is 7.11 Å². The van der Waals surface area contributed by atoms with Crippen LogP contribution in [0.25, 0.3) is 0 Å². The number of hydrogen-bond donors (Lipinski definition) is 1. The van der Waals surface area contributed by atoms with Gasteiger partial charge in [-0.25, -0.2) is 4.98 Å². The first-order chi connectivity index (χ1) is 6.31. The van der Waals surface area contributed by atoms with Gasteiger partial charge in [0.25, 0.3) is 5.19 Å². The van der Waals surface area contributed by atoms with Crippen LogP contribution in [0.1, 0.15) is 30.9 Å². The average Bonchev–Trinajstić information content (AvgIpc) is 2.71. The van der Waals surface area contributed by atoms with Gasteiger partial charge in [-0.1, -0.05) is 17.8 Å². The summed E-state index contributed by atoms with van der Waals surface area (Å²) >= 11 is 1.49. The Morgan fingerprint density at radius 1 is 1.62 bits per heavy atom. The zero-order valence-electron chi connectivity index (χ0n) is 7.56. The summed E-state index contributed by atoms with van der Waals surface area (Å²) in [6.07, 6.45) is 2.86. The highest BCUT2D eigenvalue weighted by Gasteiger charge is 2.28. The third kappa shape index (κ3) is 1.69. The van der Waals surface area contributed by atoms with Crippen molar-refractivity contribution in [1.29, 1.82) is 0 Å². The fourth-order valence-corrected chi connectivity index (χ4v) is 2.52. The van der Waals surface area contributed by atoms with E-state index < -0.39 is 0 Å². The minimum Gasteiger partial charge on any atom is -0.473 e. The van der Waals surface area contributed by atoms with Crippen molar-refractivity contribution in [3.63, 3.8) is 0 Å². The first kappa shape index (κ1) is 8.97. The van der Waals surface area contributed by atoms with Gasteiger partial charge in [-0.15, -0.1) is 0 Å². The molecule has 1 aromatic rings. The lowest BCUT2D eigenvalue weighted by Crippen LogP contribution is -2.11. The monoisotopic (exact) mass is 199 g/mol. The second-order valence-corrected chi connectivity index (χ2v) is 4.17. The Morgan fingerprint density at radius 3 is 3.00 bits per heavy atom. The number of aliphatic hydroxyl groups excluding tert-OH is 1. The maximum Gasteiger partial charge on any atom is 0.273 e. The molecule has 2 atom stereocenters. The van der Waals surface area contributed by atoms with Crippen LogP contribution in [0, 0.1) is 0 Å². The molecule has 0 spiro atoms. The summed E-state index contributed by atoms with van der Waals surface area (Å²) in [6.45, 7) is 0. The molecule has 1 aromatic heterocycles. The Balaban J connectivity index is 2.15. The fourth-order valence-electron chi connectivity index (χ4n) is 1.82. The van der Waals surface area contributed by atoms with Crippen LogP contribution >= 0.6 is 11.3 Å². The highest BCUT2D eigenvalue weighted by Crippen LogP contribution is 2.36. The number of hydrogen-bond acceptors (Lipinski definition) is 4. The van der Waals surface area contributed by atoms with Crippen LogP contribution in [0.2, 0.25) is 0 Å². The molecule has 0 radical (unpaired) electrons. The number of rotatable bonds is 2. The molecule has 1 aliphatic carbocycles. The van der Waals surface area contributed by atoms with Crippen molar-refractivity contribution in [2.45, 2.75) is 31.3 Å². The maximum absolute atomic E-state index is 9.65. The zero-order chi connectivity index (χ0) is 9.26. The van der Waals surface area contributed by atoms with Gasteiger partial charge in [-0.3, -0.25) is 0 Å². The van der Waals surface area contributed by atoms with Crippen LogP contribution in [0.15, 0.2) is 5.38 Å². The van der Waals surface area contributed by atoms with Crippen molar-refractivity contribution in [2.75, 3.05) is 7.11 Å². The molecule has 1 aliphatic rings. The molecule has 0 aromatic carbocycles. The first-order valence-corrected chi connectivity index (χ1v) is 5.36. The number of nitrogens with zero attached hydrogens (tertiary/aromatic N) is 1. The number of methoxy groups -OCH3 is 1. The summed E-state index contributed by atoms with van der Waals surface area (Å²) in [4.78, 5) is 4.30. The first-order valence-electron chi connectivity index (χ1n) is 4.48. The Kier molecular flexibility index (Phi) is 2.51. The average molecular weight is 199 g/mol. The number of aromatic nitrogens is 1. The summed E-state index contributed by atoms with van der Waals surface area (Å²) in [5, 5.41) is 12.3. The van der Waals surface area contributed by atoms with Gasteiger partial charge in [-0.2, -0.15) is 0 Å². The molecular formula is C9H13NO2S. The normalized spacial score (nSPS) is 27.8. The van der Waals surface area contributed by atoms with Crippen molar-refractivity contribution in [2.24, 2.45) is 0 Å². The van der Waals surface area contributed by atoms with E-state index in [-0.39, 0.29) is 12.0 Å². The van der Waals surface area contributed by atoms with Gasteiger partial charge in [0.05, 0.1) is 18.9 Å². The molecule has 1 N–H and O–H groups in total. The van der Waals surface area contributed by atoms with Crippen molar-refractivity contribution in [3.05, 3.63) is 11.1 Å². The van der Waals surface area contributed by atoms with Crippen molar-refractivity contribution in [3.8, 4) is 5.19 Å². The lowest BCUT2D eigenvalue weighted by molar-refractivity contribution is 0.162. The van der Waals surface area contributed by atoms with E-state index in [4.69, 9.17) is 4.74 Å². The van der Waals surface area contributed by atoms with E-state index >= 15 is 0 Å². The molecule has 1 saturated carbocycles. The highest BCUT2D eigenvalue weighted by molar-refractivity contribution is 7.11. The number of thiazole rings is 1. The Labute approximate surface area is 81.4 Å². The van der Waals surface area contributed by atoms with Gasteiger partial charge >= 0.3 is 0 Å². The molecule has 1 fully saturated rings. The summed E-state index contributed by atoms with van der Waals surface area (Å²) < 4.78 is 5.02. The van der Waals surface area contributed by atoms with E-state index in [0.717, 1.165) is 25.0 Å². The van der Waals surface area contributed by atoms with E-state index in [9.17, 15) is 5.11 Å². The van der Waals surface area contributed by atoms with Crippen LogP contribution < -0.4 is 4.74 Å². The molecular weight excluding hydrogens is 186 g/mol. The standard InChI is InChI=1S/C9H13NO2S/c1-12-9-10-7(5-13-9)6-3-2-4-8(6)11/h5-6,8,11H,2-4H2,1H3. The lowest BCUT2D eigenvalue weighted by atomic mass is 10.0. The van der Waals surface area contributed by atoms with E-state index in [1.807, 2.05) is 5.38 Å². The molecule has 13 heavy (non-hydrogen) atoms. The minimum atomic E-state index is -0.202. The van der Waals surface area contributed by atoms with E-state index in [0.29, 0.717) is 5.19 Å². The Bertz CT molecular complexity index is 287. The molecule has 0 amide bonds. The van der Waals surface area contributed by atoms with E-state index in [1.165, 1.54) is 11.3 Å². The lowest BCUT2D eigenvalue weighted by Gasteiger charge is -2.10. The topological polar surface area (TPSA) is 42.4 Å². The van der Waals surface area contributed by atoms with Crippen molar-refractivity contribution < 1.29 is 9.84 Å². The van der Waals surface area contributed by atoms with Crippen molar-refractivity contribution >= 4 is 11.3 Å². The third-order valence-corrected chi connectivity index (χ3v) is 3.35. The quantitative estimate of drug-likeness (QED) is 0.789. The smallest absolute Gasteiger partial charge is 0.273 e. The van der Waals surface area contributed by atoms with Crippen LogP contribution in [0.5, 0.6) is 5.19 Å². The molecule has 2 rings (SSSR count). The van der Waals surface area contributed by atoms with E-state index in [2.05, 4.69) is 4.98 Å². The second-order valence-electron chi connectivity index (χ2n) is 3.35. The molecule has 0 saturated heterocycles.